The Labute approximate surface area is 122 Å². The summed E-state index contributed by atoms with van der Waals surface area (Å²) in [5, 5.41) is 3.60. The average Bonchev–Trinajstić information content (AvgIpc) is 2.82. The normalized spacial score (nSPS) is 25.9. The van der Waals surface area contributed by atoms with Gasteiger partial charge >= 0.3 is 0 Å². The third-order valence-electron chi connectivity index (χ3n) is 4.39. The molecule has 1 aliphatic carbocycles. The molecule has 1 aromatic carbocycles. The van der Waals surface area contributed by atoms with Gasteiger partial charge in [0.15, 0.2) is 0 Å². The van der Waals surface area contributed by atoms with E-state index in [1.165, 1.54) is 18.4 Å². The zero-order chi connectivity index (χ0) is 14.4. The van der Waals surface area contributed by atoms with Crippen LogP contribution in [0.5, 0.6) is 5.75 Å². The molecule has 0 radical (unpaired) electrons. The van der Waals surface area contributed by atoms with Crippen molar-refractivity contribution >= 4 is 0 Å². The molecule has 20 heavy (non-hydrogen) atoms. The summed E-state index contributed by atoms with van der Waals surface area (Å²) < 4.78 is 11.0. The number of para-hydroxylation sites is 1. The zero-order valence-electron chi connectivity index (χ0n) is 12.9. The van der Waals surface area contributed by atoms with Crippen LogP contribution in [-0.4, -0.2) is 32.9 Å². The van der Waals surface area contributed by atoms with Crippen molar-refractivity contribution in [1.82, 2.24) is 5.32 Å². The van der Waals surface area contributed by atoms with E-state index in [-0.39, 0.29) is 0 Å². The summed E-state index contributed by atoms with van der Waals surface area (Å²) in [6.45, 7) is 6.84. The lowest BCUT2D eigenvalue weighted by molar-refractivity contribution is 0.145. The van der Waals surface area contributed by atoms with E-state index in [0.29, 0.717) is 31.1 Å². The van der Waals surface area contributed by atoms with E-state index in [1.54, 1.807) is 7.11 Å². The minimum atomic E-state index is 0.595. The van der Waals surface area contributed by atoms with Gasteiger partial charge in [-0.1, -0.05) is 32.0 Å². The van der Waals surface area contributed by atoms with Gasteiger partial charge in [-0.2, -0.15) is 0 Å². The van der Waals surface area contributed by atoms with E-state index in [1.807, 2.05) is 6.07 Å². The van der Waals surface area contributed by atoms with Crippen molar-refractivity contribution in [2.75, 3.05) is 26.9 Å². The summed E-state index contributed by atoms with van der Waals surface area (Å²) in [7, 11) is 1.70. The molecular weight excluding hydrogens is 250 g/mol. The monoisotopic (exact) mass is 277 g/mol. The molecule has 0 aromatic heterocycles. The van der Waals surface area contributed by atoms with E-state index >= 15 is 0 Å². The van der Waals surface area contributed by atoms with Gasteiger partial charge in [0.2, 0.25) is 0 Å². The largest absolute Gasteiger partial charge is 0.491 e. The molecule has 0 amide bonds. The van der Waals surface area contributed by atoms with Crippen molar-refractivity contribution in [3.8, 4) is 5.75 Å². The molecule has 0 spiro atoms. The number of nitrogens with one attached hydrogen (secondary N) is 1. The van der Waals surface area contributed by atoms with Gasteiger partial charge in [-0.3, -0.25) is 0 Å². The molecule has 1 N–H and O–H groups in total. The molecule has 1 aliphatic rings. The molecule has 1 aromatic rings. The fraction of sp³-hybridized carbons (Fsp3) is 0.647. The molecule has 0 heterocycles. The standard InChI is InChI=1S/C17H27NO2/c1-4-18-16-10-9-14(13(16)2)15-7-5-6-8-17(15)20-12-11-19-3/h5-8,13-14,16,18H,4,9-12H2,1-3H3. The molecule has 0 saturated heterocycles. The molecule has 2 rings (SSSR count). The van der Waals surface area contributed by atoms with Crippen molar-refractivity contribution < 1.29 is 9.47 Å². The van der Waals surface area contributed by atoms with Gasteiger partial charge in [0.1, 0.15) is 12.4 Å². The molecule has 3 nitrogen and oxygen atoms in total. The lowest BCUT2D eigenvalue weighted by Crippen LogP contribution is -2.32. The summed E-state index contributed by atoms with van der Waals surface area (Å²) in [6, 6.07) is 9.10. The Hall–Kier alpha value is -1.06. The molecule has 3 heteroatoms. The average molecular weight is 277 g/mol. The number of hydrogen-bond acceptors (Lipinski definition) is 3. The number of methoxy groups -OCH3 is 1. The van der Waals surface area contributed by atoms with E-state index in [0.717, 1.165) is 12.3 Å². The second-order valence-electron chi connectivity index (χ2n) is 5.59. The highest BCUT2D eigenvalue weighted by molar-refractivity contribution is 5.37. The van der Waals surface area contributed by atoms with Crippen LogP contribution in [0.4, 0.5) is 0 Å². The van der Waals surface area contributed by atoms with Crippen LogP contribution in [0.25, 0.3) is 0 Å². The van der Waals surface area contributed by atoms with Crippen LogP contribution >= 0.6 is 0 Å². The Bertz CT molecular complexity index is 408. The molecule has 1 saturated carbocycles. The van der Waals surface area contributed by atoms with Crippen LogP contribution in [0, 0.1) is 5.92 Å². The van der Waals surface area contributed by atoms with E-state index in [9.17, 15) is 0 Å². The second-order valence-corrected chi connectivity index (χ2v) is 5.59. The van der Waals surface area contributed by atoms with Crippen LogP contribution < -0.4 is 10.1 Å². The molecule has 0 bridgehead atoms. The van der Waals surface area contributed by atoms with Crippen molar-refractivity contribution in [2.24, 2.45) is 5.92 Å². The first-order valence-corrected chi connectivity index (χ1v) is 7.72. The van der Waals surface area contributed by atoms with E-state index in [2.05, 4.69) is 37.4 Å². The Balaban J connectivity index is 2.08. The van der Waals surface area contributed by atoms with Gasteiger partial charge in [0.05, 0.1) is 6.61 Å². The first-order chi connectivity index (χ1) is 9.77. The summed E-state index contributed by atoms with van der Waals surface area (Å²) in [6.07, 6.45) is 2.50. The highest BCUT2D eigenvalue weighted by atomic mass is 16.5. The third-order valence-corrected chi connectivity index (χ3v) is 4.39. The molecule has 0 aliphatic heterocycles. The first-order valence-electron chi connectivity index (χ1n) is 7.72. The predicted molar refractivity (Wildman–Crippen MR) is 82.4 cm³/mol. The van der Waals surface area contributed by atoms with Crippen molar-refractivity contribution in [2.45, 2.75) is 38.6 Å². The van der Waals surface area contributed by atoms with Gasteiger partial charge in [0.25, 0.3) is 0 Å². The molecule has 112 valence electrons. The SMILES string of the molecule is CCNC1CCC(c2ccccc2OCCOC)C1C. The van der Waals surface area contributed by atoms with Crippen LogP contribution in [0.2, 0.25) is 0 Å². The lowest BCUT2D eigenvalue weighted by atomic mass is 9.88. The van der Waals surface area contributed by atoms with Crippen LogP contribution in [-0.2, 0) is 4.74 Å². The van der Waals surface area contributed by atoms with E-state index < -0.39 is 0 Å². The number of rotatable bonds is 7. The first kappa shape index (κ1) is 15.3. The molecule has 1 fully saturated rings. The third kappa shape index (κ3) is 3.53. The van der Waals surface area contributed by atoms with Crippen molar-refractivity contribution in [3.63, 3.8) is 0 Å². The Morgan fingerprint density at radius 1 is 1.20 bits per heavy atom. The second kappa shape index (κ2) is 7.65. The number of hydrogen-bond donors (Lipinski definition) is 1. The van der Waals surface area contributed by atoms with Gasteiger partial charge < -0.3 is 14.8 Å². The maximum absolute atomic E-state index is 5.89. The Kier molecular flexibility index (Phi) is 5.86. The predicted octanol–water partition coefficient (Wildman–Crippen LogP) is 3.20. The summed E-state index contributed by atoms with van der Waals surface area (Å²) in [5.41, 5.74) is 1.36. The fourth-order valence-electron chi connectivity index (χ4n) is 3.31. The smallest absolute Gasteiger partial charge is 0.122 e. The quantitative estimate of drug-likeness (QED) is 0.776. The summed E-state index contributed by atoms with van der Waals surface area (Å²) in [4.78, 5) is 0. The van der Waals surface area contributed by atoms with Crippen molar-refractivity contribution in [3.05, 3.63) is 29.8 Å². The molecular formula is C17H27NO2. The fourth-order valence-corrected chi connectivity index (χ4v) is 3.31. The van der Waals surface area contributed by atoms with Gasteiger partial charge in [0, 0.05) is 13.2 Å². The molecule has 3 unspecified atom stereocenters. The van der Waals surface area contributed by atoms with Crippen LogP contribution in [0.15, 0.2) is 24.3 Å². The van der Waals surface area contributed by atoms with Crippen LogP contribution in [0.3, 0.4) is 0 Å². The molecule has 3 atom stereocenters. The maximum atomic E-state index is 5.89. The summed E-state index contributed by atoms with van der Waals surface area (Å²) >= 11 is 0. The lowest BCUT2D eigenvalue weighted by Gasteiger charge is -2.23. The maximum Gasteiger partial charge on any atom is 0.122 e. The Morgan fingerprint density at radius 3 is 2.75 bits per heavy atom. The topological polar surface area (TPSA) is 30.5 Å². The zero-order valence-corrected chi connectivity index (χ0v) is 12.9. The minimum Gasteiger partial charge on any atom is -0.491 e. The number of benzene rings is 1. The van der Waals surface area contributed by atoms with E-state index in [4.69, 9.17) is 9.47 Å². The summed E-state index contributed by atoms with van der Waals surface area (Å²) in [5.74, 6) is 2.28. The number of ether oxygens (including phenoxy) is 2. The van der Waals surface area contributed by atoms with Gasteiger partial charge in [-0.25, -0.2) is 0 Å². The van der Waals surface area contributed by atoms with Gasteiger partial charge in [-0.05, 0) is 42.9 Å². The minimum absolute atomic E-state index is 0.595. The van der Waals surface area contributed by atoms with Crippen molar-refractivity contribution in [1.29, 1.82) is 0 Å². The highest BCUT2D eigenvalue weighted by Crippen LogP contribution is 2.42. The van der Waals surface area contributed by atoms with Crippen LogP contribution in [0.1, 0.15) is 38.2 Å². The highest BCUT2D eigenvalue weighted by Gasteiger charge is 2.34. The Morgan fingerprint density at radius 2 is 2.00 bits per heavy atom. The van der Waals surface area contributed by atoms with Gasteiger partial charge in [-0.15, -0.1) is 0 Å².